The molecule has 29 heavy (non-hydrogen) atoms. The van der Waals surface area contributed by atoms with Crippen molar-refractivity contribution in [3.8, 4) is 5.75 Å². The van der Waals surface area contributed by atoms with Crippen LogP contribution in [-0.2, 0) is 20.8 Å². The smallest absolute Gasteiger partial charge is 0.347 e. The number of fused-ring (bicyclic) bond motifs is 1. The number of nitrogens with one attached hydrogen (secondary N) is 1. The number of methoxy groups -OCH3 is 1. The number of carbonyl (C=O) groups is 2. The second kappa shape index (κ2) is 9.54. The molecule has 3 rings (SSSR count). The van der Waals surface area contributed by atoms with Crippen LogP contribution in [0.1, 0.15) is 28.4 Å². The van der Waals surface area contributed by atoms with Gasteiger partial charge in [-0.25, -0.2) is 4.79 Å². The first kappa shape index (κ1) is 20.1. The summed E-state index contributed by atoms with van der Waals surface area (Å²) < 4.78 is 10.1. The van der Waals surface area contributed by atoms with Gasteiger partial charge in [0.05, 0.1) is 13.3 Å². The van der Waals surface area contributed by atoms with Gasteiger partial charge in [0.25, 0.3) is 0 Å². The highest BCUT2D eigenvalue weighted by atomic mass is 16.7. The molecule has 7 nitrogen and oxygen atoms in total. The molecule has 0 fully saturated rings. The zero-order valence-corrected chi connectivity index (χ0v) is 16.3. The van der Waals surface area contributed by atoms with Crippen LogP contribution in [0.5, 0.6) is 5.75 Å². The summed E-state index contributed by atoms with van der Waals surface area (Å²) >= 11 is 0. The number of rotatable bonds is 9. The Morgan fingerprint density at radius 1 is 1.10 bits per heavy atom. The predicted octanol–water partition coefficient (Wildman–Crippen LogP) is 3.52. The average Bonchev–Trinajstić information content (AvgIpc) is 3.20. The van der Waals surface area contributed by atoms with E-state index >= 15 is 0 Å². The van der Waals surface area contributed by atoms with Crippen molar-refractivity contribution in [2.24, 2.45) is 5.16 Å². The van der Waals surface area contributed by atoms with Gasteiger partial charge in [0.15, 0.2) is 6.61 Å². The standard InChI is InChI=1S/C22H22N2O5/c1-3-16-5-4-6-18-19(12-23-22(16)18)20(25)13-28-21(26)14-29-24-11-15-7-9-17(27-2)10-8-15/h4-12,23H,3,13-14H2,1-2H3/b24-11-. The molecule has 0 spiro atoms. The highest BCUT2D eigenvalue weighted by Crippen LogP contribution is 2.22. The lowest BCUT2D eigenvalue weighted by Crippen LogP contribution is -2.17. The largest absolute Gasteiger partial charge is 0.497 e. The molecular formula is C22H22N2O5. The lowest BCUT2D eigenvalue weighted by Gasteiger charge is -2.04. The third-order valence-electron chi connectivity index (χ3n) is 4.42. The molecule has 7 heteroatoms. The number of esters is 1. The van der Waals surface area contributed by atoms with Gasteiger partial charge in [-0.1, -0.05) is 30.3 Å². The number of carbonyl (C=O) groups excluding carboxylic acids is 2. The SMILES string of the molecule is CCc1cccc2c(C(=O)COC(=O)CO/N=C\c3ccc(OC)cc3)c[nH]c12. The second-order valence-electron chi connectivity index (χ2n) is 6.26. The summed E-state index contributed by atoms with van der Waals surface area (Å²) in [6.07, 6.45) is 3.97. The zero-order valence-electron chi connectivity index (χ0n) is 16.3. The van der Waals surface area contributed by atoms with Crippen LogP contribution in [0.4, 0.5) is 0 Å². The molecule has 0 bridgehead atoms. The molecule has 3 aromatic rings. The molecule has 150 valence electrons. The summed E-state index contributed by atoms with van der Waals surface area (Å²) in [5.41, 5.74) is 3.35. The normalized spacial score (nSPS) is 11.0. The number of benzene rings is 2. The molecule has 0 radical (unpaired) electrons. The van der Waals surface area contributed by atoms with Gasteiger partial charge < -0.3 is 19.3 Å². The van der Waals surface area contributed by atoms with Crippen molar-refractivity contribution in [1.29, 1.82) is 0 Å². The van der Waals surface area contributed by atoms with Crippen LogP contribution in [0.2, 0.25) is 0 Å². The van der Waals surface area contributed by atoms with E-state index in [1.54, 1.807) is 37.6 Å². The van der Waals surface area contributed by atoms with Gasteiger partial charge in [0, 0.05) is 22.7 Å². The molecular weight excluding hydrogens is 372 g/mol. The van der Waals surface area contributed by atoms with Crippen molar-refractivity contribution in [2.45, 2.75) is 13.3 Å². The number of aromatic amines is 1. The van der Waals surface area contributed by atoms with Gasteiger partial charge in [0.1, 0.15) is 5.75 Å². The second-order valence-corrected chi connectivity index (χ2v) is 6.26. The lowest BCUT2D eigenvalue weighted by atomic mass is 10.1. The maximum Gasteiger partial charge on any atom is 0.347 e. The van der Waals surface area contributed by atoms with Gasteiger partial charge in [-0.05, 0) is 41.8 Å². The summed E-state index contributed by atoms with van der Waals surface area (Å²) in [4.78, 5) is 32.2. The third kappa shape index (κ3) is 5.01. The fourth-order valence-electron chi connectivity index (χ4n) is 2.89. The highest BCUT2D eigenvalue weighted by molar-refractivity contribution is 6.09. The fraction of sp³-hybridized carbons (Fsp3) is 0.227. The molecule has 0 aliphatic carbocycles. The first-order valence-electron chi connectivity index (χ1n) is 9.19. The maximum absolute atomic E-state index is 12.4. The van der Waals surface area contributed by atoms with Crippen molar-refractivity contribution >= 4 is 28.9 Å². The Morgan fingerprint density at radius 2 is 1.90 bits per heavy atom. The molecule has 0 aliphatic heterocycles. The van der Waals surface area contributed by atoms with E-state index in [1.165, 1.54) is 6.21 Å². The molecule has 0 unspecified atom stereocenters. The lowest BCUT2D eigenvalue weighted by molar-refractivity contribution is -0.147. The van der Waals surface area contributed by atoms with Gasteiger partial charge in [-0.2, -0.15) is 0 Å². The number of hydrogen-bond donors (Lipinski definition) is 1. The van der Waals surface area contributed by atoms with Crippen LogP contribution < -0.4 is 4.74 Å². The van der Waals surface area contributed by atoms with Crippen molar-refractivity contribution in [3.63, 3.8) is 0 Å². The van der Waals surface area contributed by atoms with Crippen LogP contribution in [0.15, 0.2) is 53.8 Å². The Kier molecular flexibility index (Phi) is 6.63. The van der Waals surface area contributed by atoms with E-state index in [0.29, 0.717) is 5.56 Å². The number of para-hydroxylation sites is 1. The van der Waals surface area contributed by atoms with Gasteiger partial charge in [-0.15, -0.1) is 0 Å². The van der Waals surface area contributed by atoms with E-state index < -0.39 is 5.97 Å². The van der Waals surface area contributed by atoms with Gasteiger partial charge in [-0.3, -0.25) is 4.79 Å². The Balaban J connectivity index is 1.48. The quantitative estimate of drug-likeness (QED) is 0.260. The van der Waals surface area contributed by atoms with E-state index in [2.05, 4.69) is 17.1 Å². The Bertz CT molecular complexity index is 1020. The van der Waals surface area contributed by atoms with Crippen LogP contribution in [0, 0.1) is 0 Å². The molecule has 0 saturated heterocycles. The maximum atomic E-state index is 12.4. The number of ether oxygens (including phenoxy) is 2. The number of Topliss-reactive ketones (excluding diaryl/α,β-unsaturated/α-hetero) is 1. The molecule has 1 N–H and O–H groups in total. The Morgan fingerprint density at radius 3 is 2.62 bits per heavy atom. The number of aryl methyl sites for hydroxylation is 1. The van der Waals surface area contributed by atoms with Crippen molar-refractivity contribution < 1.29 is 23.9 Å². The Hall–Kier alpha value is -3.61. The molecule has 0 saturated carbocycles. The summed E-state index contributed by atoms with van der Waals surface area (Å²) in [7, 11) is 1.59. The predicted molar refractivity (Wildman–Crippen MR) is 110 cm³/mol. The fourth-order valence-corrected chi connectivity index (χ4v) is 2.89. The number of oxime groups is 1. The van der Waals surface area contributed by atoms with Crippen molar-refractivity contribution in [2.75, 3.05) is 20.3 Å². The summed E-state index contributed by atoms with van der Waals surface area (Å²) in [5, 5.41) is 4.54. The number of nitrogens with zero attached hydrogens (tertiary/aromatic N) is 1. The van der Waals surface area contributed by atoms with Gasteiger partial charge >= 0.3 is 5.97 Å². The average molecular weight is 394 g/mol. The molecule has 2 aromatic carbocycles. The van der Waals surface area contributed by atoms with E-state index in [0.717, 1.165) is 34.2 Å². The number of H-pyrrole nitrogens is 1. The van der Waals surface area contributed by atoms with Gasteiger partial charge in [0.2, 0.25) is 12.4 Å². The summed E-state index contributed by atoms with van der Waals surface area (Å²) in [6.45, 7) is 1.32. The van der Waals surface area contributed by atoms with Crippen LogP contribution in [0.25, 0.3) is 10.9 Å². The zero-order chi connectivity index (χ0) is 20.6. The van der Waals surface area contributed by atoms with Crippen LogP contribution in [0.3, 0.4) is 0 Å². The first-order chi connectivity index (χ1) is 14.1. The number of aromatic nitrogens is 1. The minimum absolute atomic E-state index is 0.278. The summed E-state index contributed by atoms with van der Waals surface area (Å²) in [5.74, 6) is -0.212. The third-order valence-corrected chi connectivity index (χ3v) is 4.42. The van der Waals surface area contributed by atoms with Crippen LogP contribution in [-0.4, -0.2) is 43.3 Å². The number of hydrogen-bond acceptors (Lipinski definition) is 6. The van der Waals surface area contributed by atoms with Crippen molar-refractivity contribution in [1.82, 2.24) is 4.98 Å². The Labute approximate surface area is 168 Å². The van der Waals surface area contributed by atoms with E-state index in [1.807, 2.05) is 18.2 Å². The van der Waals surface area contributed by atoms with E-state index in [9.17, 15) is 9.59 Å². The van der Waals surface area contributed by atoms with E-state index in [-0.39, 0.29) is 19.0 Å². The van der Waals surface area contributed by atoms with Crippen LogP contribution >= 0.6 is 0 Å². The highest BCUT2D eigenvalue weighted by Gasteiger charge is 2.15. The first-order valence-corrected chi connectivity index (χ1v) is 9.19. The summed E-state index contributed by atoms with van der Waals surface area (Å²) in [6, 6.07) is 13.0. The monoisotopic (exact) mass is 394 g/mol. The molecule has 0 aliphatic rings. The minimum Gasteiger partial charge on any atom is -0.497 e. The van der Waals surface area contributed by atoms with E-state index in [4.69, 9.17) is 14.3 Å². The molecule has 0 atom stereocenters. The molecule has 1 aromatic heterocycles. The minimum atomic E-state index is -0.667. The molecule has 1 heterocycles. The molecule has 0 amide bonds. The number of ketones is 1. The van der Waals surface area contributed by atoms with Crippen molar-refractivity contribution in [3.05, 3.63) is 65.4 Å². The topological polar surface area (TPSA) is 90.0 Å².